The van der Waals surface area contributed by atoms with Gasteiger partial charge < -0.3 is 9.88 Å². The van der Waals surface area contributed by atoms with E-state index >= 15 is 0 Å². The Morgan fingerprint density at radius 1 is 1.09 bits per heavy atom. The zero-order valence-corrected chi connectivity index (χ0v) is 18.5. The van der Waals surface area contributed by atoms with Crippen LogP contribution in [0.25, 0.3) is 5.65 Å². The lowest BCUT2D eigenvalue weighted by atomic mass is 10.0. The second-order valence-electron chi connectivity index (χ2n) is 8.07. The normalized spacial score (nSPS) is 12.1. The summed E-state index contributed by atoms with van der Waals surface area (Å²) in [5, 5.41) is 5.94. The number of aromatic nitrogens is 4. The highest BCUT2D eigenvalue weighted by Crippen LogP contribution is 2.19. The molecule has 1 amide bonds. The van der Waals surface area contributed by atoms with E-state index < -0.39 is 11.9 Å². The van der Waals surface area contributed by atoms with E-state index in [9.17, 15) is 14.4 Å². The van der Waals surface area contributed by atoms with Crippen LogP contribution in [0.5, 0.6) is 0 Å². The number of pyridine rings is 1. The first-order chi connectivity index (χ1) is 15.2. The Labute approximate surface area is 184 Å². The van der Waals surface area contributed by atoms with Gasteiger partial charge in [0, 0.05) is 37.0 Å². The summed E-state index contributed by atoms with van der Waals surface area (Å²) in [5.74, 6) is -0.452. The summed E-state index contributed by atoms with van der Waals surface area (Å²) in [7, 11) is 1.65. The number of aryl methyl sites for hydroxylation is 3. The van der Waals surface area contributed by atoms with Crippen molar-refractivity contribution < 1.29 is 4.79 Å². The number of hydrogen-bond donors (Lipinski definition) is 2. The van der Waals surface area contributed by atoms with E-state index in [4.69, 9.17) is 0 Å². The lowest BCUT2D eigenvalue weighted by Crippen LogP contribution is -2.37. The lowest BCUT2D eigenvalue weighted by molar-refractivity contribution is 0.0933. The smallest absolute Gasteiger partial charge is 0.272 e. The number of nitrogens with zero attached hydrogens (tertiary/aromatic N) is 3. The van der Waals surface area contributed by atoms with Gasteiger partial charge in [0.1, 0.15) is 5.56 Å². The van der Waals surface area contributed by atoms with E-state index in [1.54, 1.807) is 20.0 Å². The van der Waals surface area contributed by atoms with Crippen molar-refractivity contribution in [2.75, 3.05) is 0 Å². The molecule has 8 heteroatoms. The second-order valence-corrected chi connectivity index (χ2v) is 8.07. The van der Waals surface area contributed by atoms with Crippen molar-refractivity contribution in [3.8, 4) is 0 Å². The van der Waals surface area contributed by atoms with E-state index in [2.05, 4.69) is 15.4 Å². The average molecular weight is 431 g/mol. The molecule has 4 rings (SSSR count). The second kappa shape index (κ2) is 8.30. The fraction of sp³-hybridized carbons (Fsp3) is 0.250. The molecular weight excluding hydrogens is 406 g/mol. The van der Waals surface area contributed by atoms with Crippen LogP contribution in [0.4, 0.5) is 0 Å². The fourth-order valence-electron chi connectivity index (χ4n) is 3.90. The molecule has 0 unspecified atom stereocenters. The van der Waals surface area contributed by atoms with Crippen LogP contribution in [0.2, 0.25) is 0 Å². The number of H-pyrrole nitrogens is 1. The predicted molar refractivity (Wildman–Crippen MR) is 122 cm³/mol. The average Bonchev–Trinajstić information content (AvgIpc) is 3.13. The van der Waals surface area contributed by atoms with Gasteiger partial charge in [-0.1, -0.05) is 30.3 Å². The molecule has 0 saturated heterocycles. The van der Waals surface area contributed by atoms with Crippen molar-refractivity contribution in [2.45, 2.75) is 33.2 Å². The molecule has 8 nitrogen and oxygen atoms in total. The zero-order chi connectivity index (χ0) is 23.0. The number of benzene rings is 1. The molecule has 0 bridgehead atoms. The van der Waals surface area contributed by atoms with Gasteiger partial charge in [-0.05, 0) is 38.0 Å². The molecule has 0 aliphatic carbocycles. The Balaban J connectivity index is 1.72. The van der Waals surface area contributed by atoms with Gasteiger partial charge in [-0.15, -0.1) is 0 Å². The Morgan fingerprint density at radius 3 is 2.53 bits per heavy atom. The summed E-state index contributed by atoms with van der Waals surface area (Å²) < 4.78 is 2.85. The number of fused-ring (bicyclic) bond motifs is 1. The van der Waals surface area contributed by atoms with Gasteiger partial charge in [0.2, 0.25) is 0 Å². The van der Waals surface area contributed by atoms with Crippen LogP contribution >= 0.6 is 0 Å². The van der Waals surface area contributed by atoms with Crippen LogP contribution in [-0.2, 0) is 13.5 Å². The van der Waals surface area contributed by atoms with Gasteiger partial charge in [0.25, 0.3) is 17.0 Å². The molecule has 1 atom stereocenters. The Kier molecular flexibility index (Phi) is 5.52. The first kappa shape index (κ1) is 21.3. The third-order valence-electron chi connectivity index (χ3n) is 5.65. The predicted octanol–water partition coefficient (Wildman–Crippen LogP) is 2.36. The van der Waals surface area contributed by atoms with Crippen LogP contribution in [0.15, 0.2) is 58.1 Å². The van der Waals surface area contributed by atoms with Crippen molar-refractivity contribution in [1.29, 1.82) is 0 Å². The van der Waals surface area contributed by atoms with Crippen LogP contribution in [0.3, 0.4) is 0 Å². The van der Waals surface area contributed by atoms with Crippen LogP contribution in [0, 0.1) is 20.8 Å². The number of aromatic amines is 1. The highest BCUT2D eigenvalue weighted by atomic mass is 16.2. The summed E-state index contributed by atoms with van der Waals surface area (Å²) >= 11 is 0. The summed E-state index contributed by atoms with van der Waals surface area (Å²) in [4.78, 5) is 43.0. The molecular formula is C24H25N5O3. The van der Waals surface area contributed by atoms with Crippen LogP contribution in [0.1, 0.15) is 44.6 Å². The largest absolute Gasteiger partial charge is 0.345 e. The number of carbonyl (C=O) groups is 1. The number of rotatable bonds is 5. The molecule has 0 radical (unpaired) electrons. The first-order valence-corrected chi connectivity index (χ1v) is 10.4. The maximum Gasteiger partial charge on any atom is 0.272 e. The topological polar surface area (TPSA) is 101 Å². The van der Waals surface area contributed by atoms with Gasteiger partial charge in [-0.2, -0.15) is 0 Å². The van der Waals surface area contributed by atoms with Crippen molar-refractivity contribution in [1.82, 2.24) is 24.5 Å². The van der Waals surface area contributed by atoms with Crippen molar-refractivity contribution in [3.63, 3.8) is 0 Å². The standard InChI is InChI=1S/C24H25N5O3/c1-14-10-16(3)28(4)24(32)22(14)23(31)26-19(17-8-6-5-7-9-17)12-18-13-21(30)29-20(25-18)11-15(2)27-29/h5-11,13,19,27H,12H2,1-4H3,(H,26,31)/t19-/m1/s1. The van der Waals surface area contributed by atoms with Gasteiger partial charge >= 0.3 is 0 Å². The minimum atomic E-state index is -0.469. The highest BCUT2D eigenvalue weighted by Gasteiger charge is 2.22. The van der Waals surface area contributed by atoms with Crippen molar-refractivity contribution >= 4 is 11.6 Å². The summed E-state index contributed by atoms with van der Waals surface area (Å²) in [5.41, 5.74) is 3.71. The number of nitrogens with one attached hydrogen (secondary N) is 2. The van der Waals surface area contributed by atoms with E-state index in [0.29, 0.717) is 23.3 Å². The molecule has 4 aromatic rings. The molecule has 32 heavy (non-hydrogen) atoms. The van der Waals surface area contributed by atoms with Gasteiger partial charge in [0.15, 0.2) is 5.65 Å². The third kappa shape index (κ3) is 3.99. The Morgan fingerprint density at radius 2 is 1.81 bits per heavy atom. The molecule has 3 aromatic heterocycles. The molecule has 3 heterocycles. The van der Waals surface area contributed by atoms with Gasteiger partial charge in [-0.25, -0.2) is 9.50 Å². The summed E-state index contributed by atoms with van der Waals surface area (Å²) in [6, 6.07) is 14.1. The molecule has 2 N–H and O–H groups in total. The van der Waals surface area contributed by atoms with Crippen LogP contribution < -0.4 is 16.4 Å². The van der Waals surface area contributed by atoms with Crippen molar-refractivity contribution in [3.05, 3.63) is 103 Å². The quantitative estimate of drug-likeness (QED) is 0.507. The Bertz CT molecular complexity index is 1430. The number of hydrogen-bond acceptors (Lipinski definition) is 4. The maximum atomic E-state index is 13.2. The van der Waals surface area contributed by atoms with Gasteiger partial charge in [0.05, 0.1) is 11.7 Å². The fourth-order valence-corrected chi connectivity index (χ4v) is 3.90. The third-order valence-corrected chi connectivity index (χ3v) is 5.65. The Hall–Kier alpha value is -3.94. The van der Waals surface area contributed by atoms with E-state index in [0.717, 1.165) is 17.0 Å². The summed E-state index contributed by atoms with van der Waals surface area (Å²) in [6.07, 6.45) is 0.303. The first-order valence-electron chi connectivity index (χ1n) is 10.4. The van der Waals surface area contributed by atoms with E-state index in [-0.39, 0.29) is 16.7 Å². The molecule has 0 spiro atoms. The molecule has 0 aliphatic rings. The zero-order valence-electron chi connectivity index (χ0n) is 18.5. The monoisotopic (exact) mass is 431 g/mol. The van der Waals surface area contributed by atoms with Gasteiger partial charge in [-0.3, -0.25) is 19.5 Å². The minimum absolute atomic E-state index is 0.115. The molecule has 0 aliphatic heterocycles. The maximum absolute atomic E-state index is 13.2. The lowest BCUT2D eigenvalue weighted by Gasteiger charge is -2.20. The molecule has 0 saturated carbocycles. The molecule has 0 fully saturated rings. The van der Waals surface area contributed by atoms with E-state index in [1.807, 2.05) is 50.2 Å². The number of carbonyl (C=O) groups excluding carboxylic acids is 1. The van der Waals surface area contributed by atoms with E-state index in [1.165, 1.54) is 15.1 Å². The summed E-state index contributed by atoms with van der Waals surface area (Å²) in [6.45, 7) is 5.43. The highest BCUT2D eigenvalue weighted by molar-refractivity contribution is 5.95. The minimum Gasteiger partial charge on any atom is -0.345 e. The SMILES string of the molecule is Cc1cc2nc(C[C@@H](NC(=O)c3c(C)cc(C)n(C)c3=O)c3ccccc3)cc(=O)n2[nH]1. The molecule has 164 valence electrons. The van der Waals surface area contributed by atoms with Crippen LogP contribution in [-0.4, -0.2) is 25.1 Å². The molecule has 1 aromatic carbocycles. The number of amides is 1. The van der Waals surface area contributed by atoms with Crippen molar-refractivity contribution in [2.24, 2.45) is 7.05 Å².